The Morgan fingerprint density at radius 1 is 1.20 bits per heavy atom. The third-order valence-electron chi connectivity index (χ3n) is 3.52. The van der Waals surface area contributed by atoms with E-state index in [0.717, 1.165) is 25.7 Å². The van der Waals surface area contributed by atoms with E-state index < -0.39 is 5.92 Å². The Labute approximate surface area is 90.2 Å². The van der Waals surface area contributed by atoms with E-state index in [4.69, 9.17) is 4.74 Å². The lowest BCUT2D eigenvalue weighted by molar-refractivity contribution is -0.142. The monoisotopic (exact) mass is 210 g/mol. The van der Waals surface area contributed by atoms with Crippen LogP contribution in [-0.2, 0) is 14.3 Å². The molecule has 1 saturated carbocycles. The van der Waals surface area contributed by atoms with Crippen LogP contribution in [0.25, 0.3) is 0 Å². The highest BCUT2D eigenvalue weighted by atomic mass is 16.5. The van der Waals surface area contributed by atoms with E-state index in [9.17, 15) is 9.59 Å². The van der Waals surface area contributed by atoms with Crippen LogP contribution in [0.2, 0.25) is 0 Å². The largest absolute Gasteiger partial charge is 0.380 e. The standard InChI is InChI=1S/C12H18O3/c13-11-6-7-15-8-10(11)12(14)9-4-2-1-3-5-9/h9-10H,1-8H2. The van der Waals surface area contributed by atoms with E-state index >= 15 is 0 Å². The summed E-state index contributed by atoms with van der Waals surface area (Å²) in [6.45, 7) is 0.821. The minimum atomic E-state index is -0.443. The third kappa shape index (κ3) is 2.46. The van der Waals surface area contributed by atoms with Crippen LogP contribution in [0.5, 0.6) is 0 Å². The Morgan fingerprint density at radius 2 is 1.93 bits per heavy atom. The summed E-state index contributed by atoms with van der Waals surface area (Å²) in [5.74, 6) is -0.0625. The molecule has 0 spiro atoms. The first kappa shape index (κ1) is 10.8. The summed E-state index contributed by atoms with van der Waals surface area (Å²) in [6.07, 6.45) is 5.88. The topological polar surface area (TPSA) is 43.4 Å². The first-order valence-corrected chi connectivity index (χ1v) is 5.93. The maximum Gasteiger partial charge on any atom is 0.148 e. The molecule has 15 heavy (non-hydrogen) atoms. The molecule has 0 N–H and O–H groups in total. The molecule has 0 aromatic carbocycles. The molecule has 0 radical (unpaired) electrons. The lowest BCUT2D eigenvalue weighted by atomic mass is 9.80. The average Bonchev–Trinajstić information content (AvgIpc) is 2.30. The molecular weight excluding hydrogens is 192 g/mol. The molecule has 3 heteroatoms. The second kappa shape index (κ2) is 4.88. The summed E-state index contributed by atoms with van der Waals surface area (Å²) in [5, 5.41) is 0. The number of ketones is 2. The third-order valence-corrected chi connectivity index (χ3v) is 3.52. The van der Waals surface area contributed by atoms with Crippen molar-refractivity contribution >= 4 is 11.6 Å². The van der Waals surface area contributed by atoms with Crippen molar-refractivity contribution < 1.29 is 14.3 Å². The number of carbonyl (C=O) groups is 2. The fourth-order valence-electron chi connectivity index (χ4n) is 2.55. The van der Waals surface area contributed by atoms with Crippen molar-refractivity contribution in [1.29, 1.82) is 0 Å². The van der Waals surface area contributed by atoms with Gasteiger partial charge in [-0.15, -0.1) is 0 Å². The Kier molecular flexibility index (Phi) is 3.52. The zero-order valence-electron chi connectivity index (χ0n) is 9.04. The number of rotatable bonds is 2. The van der Waals surface area contributed by atoms with Gasteiger partial charge in [-0.25, -0.2) is 0 Å². The Bertz CT molecular complexity index is 254. The zero-order valence-corrected chi connectivity index (χ0v) is 9.04. The van der Waals surface area contributed by atoms with Gasteiger partial charge in [0.15, 0.2) is 0 Å². The minimum absolute atomic E-state index is 0.0943. The number of Topliss-reactive ketones (excluding diaryl/α,β-unsaturated/α-hetero) is 2. The Morgan fingerprint density at radius 3 is 2.60 bits per heavy atom. The van der Waals surface area contributed by atoms with Crippen molar-refractivity contribution in [2.75, 3.05) is 13.2 Å². The highest BCUT2D eigenvalue weighted by Crippen LogP contribution is 2.28. The van der Waals surface area contributed by atoms with Gasteiger partial charge in [0.25, 0.3) is 0 Å². The van der Waals surface area contributed by atoms with Gasteiger partial charge in [-0.3, -0.25) is 9.59 Å². The molecule has 1 heterocycles. The van der Waals surface area contributed by atoms with Gasteiger partial charge in [0.05, 0.1) is 19.1 Å². The van der Waals surface area contributed by atoms with Gasteiger partial charge in [-0.2, -0.15) is 0 Å². The normalized spacial score (nSPS) is 29.1. The van der Waals surface area contributed by atoms with Crippen LogP contribution in [0.1, 0.15) is 38.5 Å². The van der Waals surface area contributed by atoms with Crippen molar-refractivity contribution in [2.24, 2.45) is 11.8 Å². The molecule has 1 unspecified atom stereocenters. The summed E-state index contributed by atoms with van der Waals surface area (Å²) >= 11 is 0. The summed E-state index contributed by atoms with van der Waals surface area (Å²) in [4.78, 5) is 23.6. The second-order valence-corrected chi connectivity index (χ2v) is 4.58. The predicted molar refractivity (Wildman–Crippen MR) is 55.5 cm³/mol. The fraction of sp³-hybridized carbons (Fsp3) is 0.833. The lowest BCUT2D eigenvalue weighted by Crippen LogP contribution is -2.37. The van der Waals surface area contributed by atoms with Crippen molar-refractivity contribution in [3.63, 3.8) is 0 Å². The maximum atomic E-state index is 12.1. The van der Waals surface area contributed by atoms with Gasteiger partial charge in [0, 0.05) is 12.3 Å². The van der Waals surface area contributed by atoms with Gasteiger partial charge in [-0.1, -0.05) is 19.3 Å². The molecular formula is C12H18O3. The summed E-state index contributed by atoms with van der Waals surface area (Å²) in [7, 11) is 0. The van der Waals surface area contributed by atoms with Gasteiger partial charge >= 0.3 is 0 Å². The molecule has 0 aromatic heterocycles. The van der Waals surface area contributed by atoms with Crippen LogP contribution in [0.15, 0.2) is 0 Å². The SMILES string of the molecule is O=C1CCOCC1C(=O)C1CCCCC1. The summed E-state index contributed by atoms with van der Waals surface area (Å²) < 4.78 is 5.22. The number of ether oxygens (including phenoxy) is 1. The minimum Gasteiger partial charge on any atom is -0.380 e. The van der Waals surface area contributed by atoms with Crippen molar-refractivity contribution in [2.45, 2.75) is 38.5 Å². The molecule has 2 aliphatic rings. The van der Waals surface area contributed by atoms with E-state index in [0.29, 0.717) is 19.6 Å². The molecule has 1 saturated heterocycles. The smallest absolute Gasteiger partial charge is 0.148 e. The average molecular weight is 210 g/mol. The molecule has 3 nitrogen and oxygen atoms in total. The van der Waals surface area contributed by atoms with Gasteiger partial charge < -0.3 is 4.74 Å². The van der Waals surface area contributed by atoms with Crippen molar-refractivity contribution in [1.82, 2.24) is 0 Å². The molecule has 1 atom stereocenters. The van der Waals surface area contributed by atoms with E-state index in [-0.39, 0.29) is 17.5 Å². The van der Waals surface area contributed by atoms with E-state index in [1.807, 2.05) is 0 Å². The molecule has 0 bridgehead atoms. The fourth-order valence-corrected chi connectivity index (χ4v) is 2.55. The van der Waals surface area contributed by atoms with Gasteiger partial charge in [-0.05, 0) is 12.8 Å². The van der Waals surface area contributed by atoms with Crippen molar-refractivity contribution in [3.05, 3.63) is 0 Å². The summed E-state index contributed by atoms with van der Waals surface area (Å²) in [6, 6.07) is 0. The lowest BCUT2D eigenvalue weighted by Gasteiger charge is -2.26. The van der Waals surface area contributed by atoms with Gasteiger partial charge in [0.1, 0.15) is 11.6 Å². The Hall–Kier alpha value is -0.700. The molecule has 1 aliphatic carbocycles. The van der Waals surface area contributed by atoms with E-state index in [1.54, 1.807) is 0 Å². The Balaban J connectivity index is 1.95. The summed E-state index contributed by atoms with van der Waals surface area (Å²) in [5.41, 5.74) is 0. The molecule has 2 fully saturated rings. The molecule has 84 valence electrons. The second-order valence-electron chi connectivity index (χ2n) is 4.58. The van der Waals surface area contributed by atoms with Crippen LogP contribution in [0, 0.1) is 11.8 Å². The van der Waals surface area contributed by atoms with Crippen LogP contribution < -0.4 is 0 Å². The van der Waals surface area contributed by atoms with Crippen molar-refractivity contribution in [3.8, 4) is 0 Å². The molecule has 1 aliphatic heterocycles. The number of carbonyl (C=O) groups excluding carboxylic acids is 2. The number of hydrogen-bond acceptors (Lipinski definition) is 3. The predicted octanol–water partition coefficient (Wildman–Crippen LogP) is 1.74. The molecule has 0 aromatic rings. The van der Waals surface area contributed by atoms with Crippen LogP contribution >= 0.6 is 0 Å². The van der Waals surface area contributed by atoms with Gasteiger partial charge in [0.2, 0.25) is 0 Å². The van der Waals surface area contributed by atoms with E-state index in [1.165, 1.54) is 6.42 Å². The first-order chi connectivity index (χ1) is 7.29. The first-order valence-electron chi connectivity index (χ1n) is 5.93. The molecule has 2 rings (SSSR count). The van der Waals surface area contributed by atoms with Crippen LogP contribution in [-0.4, -0.2) is 24.8 Å². The van der Waals surface area contributed by atoms with Crippen LogP contribution in [0.3, 0.4) is 0 Å². The molecule has 0 amide bonds. The number of hydrogen-bond donors (Lipinski definition) is 0. The maximum absolute atomic E-state index is 12.1. The highest BCUT2D eigenvalue weighted by molar-refractivity contribution is 6.03. The van der Waals surface area contributed by atoms with Crippen LogP contribution in [0.4, 0.5) is 0 Å². The highest BCUT2D eigenvalue weighted by Gasteiger charge is 2.34. The van der Waals surface area contributed by atoms with E-state index in [2.05, 4.69) is 0 Å². The quantitative estimate of drug-likeness (QED) is 0.652. The zero-order chi connectivity index (χ0) is 10.7.